The molecule has 0 aliphatic carbocycles. The van der Waals surface area contributed by atoms with Gasteiger partial charge in [0.05, 0.1) is 35.3 Å². The van der Waals surface area contributed by atoms with E-state index in [1.807, 2.05) is 48.5 Å². The lowest BCUT2D eigenvalue weighted by Gasteiger charge is -2.11. The number of imidazole rings is 1. The van der Waals surface area contributed by atoms with Gasteiger partial charge in [0.25, 0.3) is 0 Å². The second-order valence-corrected chi connectivity index (χ2v) is 7.60. The summed E-state index contributed by atoms with van der Waals surface area (Å²) in [5.74, 6) is 2.41. The number of methoxy groups -OCH3 is 1. The van der Waals surface area contributed by atoms with Crippen LogP contribution in [0.2, 0.25) is 0 Å². The molecule has 2 heterocycles. The summed E-state index contributed by atoms with van der Waals surface area (Å²) in [6.07, 6.45) is 0.790. The number of thioether (sulfide) groups is 1. The number of aromatic nitrogens is 2. The maximum atomic E-state index is 9.70. The number of nitrogens with zero attached hydrogens (tertiary/aromatic N) is 3. The third kappa shape index (κ3) is 3.74. The molecular weight excluding hydrogens is 382 g/mol. The summed E-state index contributed by atoms with van der Waals surface area (Å²) in [7, 11) is 1.65. The van der Waals surface area contributed by atoms with E-state index < -0.39 is 0 Å². The van der Waals surface area contributed by atoms with Crippen LogP contribution in [0.15, 0.2) is 59.6 Å². The van der Waals surface area contributed by atoms with Crippen molar-refractivity contribution in [1.29, 1.82) is 5.26 Å². The lowest BCUT2D eigenvalue weighted by Crippen LogP contribution is -2.03. The number of ether oxygens (including phenoxy) is 2. The second kappa shape index (κ2) is 8.46. The number of hydrogen-bond acceptors (Lipinski definition) is 5. The van der Waals surface area contributed by atoms with Gasteiger partial charge in [0.15, 0.2) is 5.65 Å². The minimum absolute atomic E-state index is 0.576. The van der Waals surface area contributed by atoms with Crippen molar-refractivity contribution in [2.45, 2.75) is 18.4 Å². The first kappa shape index (κ1) is 19.2. The molecule has 4 aromatic rings. The molecule has 0 saturated carbocycles. The summed E-state index contributed by atoms with van der Waals surface area (Å²) < 4.78 is 13.1. The molecule has 0 radical (unpaired) electrons. The van der Waals surface area contributed by atoms with Crippen molar-refractivity contribution in [3.05, 3.63) is 65.7 Å². The Morgan fingerprint density at radius 3 is 2.59 bits per heavy atom. The zero-order chi connectivity index (χ0) is 20.2. The van der Waals surface area contributed by atoms with E-state index in [2.05, 4.69) is 23.5 Å². The van der Waals surface area contributed by atoms with Gasteiger partial charge < -0.3 is 9.47 Å². The third-order valence-electron chi connectivity index (χ3n) is 4.78. The molecule has 4 rings (SSSR count). The second-order valence-electron chi connectivity index (χ2n) is 6.48. The van der Waals surface area contributed by atoms with Crippen molar-refractivity contribution >= 4 is 28.4 Å². The minimum Gasteiger partial charge on any atom is -0.497 e. The highest BCUT2D eigenvalue weighted by Gasteiger charge is 2.16. The first-order chi connectivity index (χ1) is 14.2. The van der Waals surface area contributed by atoms with E-state index in [1.54, 1.807) is 18.9 Å². The van der Waals surface area contributed by atoms with Crippen LogP contribution in [-0.4, -0.2) is 28.9 Å². The first-order valence-electron chi connectivity index (χ1n) is 9.48. The average Bonchev–Trinajstić information content (AvgIpc) is 3.16. The maximum absolute atomic E-state index is 9.70. The average molecular weight is 404 g/mol. The molecule has 0 amide bonds. The number of fused-ring (bicyclic) bond motifs is 3. The highest BCUT2D eigenvalue weighted by Crippen LogP contribution is 2.30. The Balaban J connectivity index is 1.60. The largest absolute Gasteiger partial charge is 0.497 e. The fourth-order valence-electron chi connectivity index (χ4n) is 3.33. The Labute approximate surface area is 173 Å². The molecule has 0 unspecified atom stereocenters. The van der Waals surface area contributed by atoms with Crippen LogP contribution in [0.5, 0.6) is 11.5 Å². The van der Waals surface area contributed by atoms with Crippen molar-refractivity contribution in [2.75, 3.05) is 19.5 Å². The fourth-order valence-corrected chi connectivity index (χ4v) is 4.25. The monoisotopic (exact) mass is 403 g/mol. The molecule has 0 N–H and O–H groups in total. The minimum atomic E-state index is 0.576. The lowest BCUT2D eigenvalue weighted by molar-refractivity contribution is 0.342. The van der Waals surface area contributed by atoms with Crippen LogP contribution in [0.4, 0.5) is 0 Å². The Bertz CT molecular complexity index is 1190. The number of hydrogen-bond donors (Lipinski definition) is 0. The Morgan fingerprint density at radius 1 is 1.10 bits per heavy atom. The Kier molecular flexibility index (Phi) is 5.59. The lowest BCUT2D eigenvalue weighted by atomic mass is 10.1. The molecule has 0 aliphatic rings. The van der Waals surface area contributed by atoms with Gasteiger partial charge in [0, 0.05) is 5.75 Å². The highest BCUT2D eigenvalue weighted by atomic mass is 32.2. The number of para-hydroxylation sites is 2. The SMILES string of the molecule is CCc1cc(SCCOc2ccc(OC)cc2)n2c(nc3ccccc32)c1C#N. The predicted octanol–water partition coefficient (Wildman–Crippen LogP) is 5.10. The summed E-state index contributed by atoms with van der Waals surface area (Å²) >= 11 is 1.71. The van der Waals surface area contributed by atoms with Gasteiger partial charge in [-0.3, -0.25) is 4.40 Å². The van der Waals surface area contributed by atoms with Gasteiger partial charge in [-0.15, -0.1) is 11.8 Å². The van der Waals surface area contributed by atoms with Crippen LogP contribution >= 0.6 is 11.8 Å². The van der Waals surface area contributed by atoms with E-state index >= 15 is 0 Å². The van der Waals surface area contributed by atoms with Crippen molar-refractivity contribution in [2.24, 2.45) is 0 Å². The van der Waals surface area contributed by atoms with Crippen molar-refractivity contribution in [3.8, 4) is 17.6 Å². The van der Waals surface area contributed by atoms with Gasteiger partial charge in [-0.1, -0.05) is 19.1 Å². The number of benzene rings is 2. The molecule has 6 heteroatoms. The van der Waals surface area contributed by atoms with Crippen LogP contribution in [0, 0.1) is 11.3 Å². The van der Waals surface area contributed by atoms with E-state index in [0.717, 1.165) is 50.9 Å². The van der Waals surface area contributed by atoms with Crippen LogP contribution < -0.4 is 9.47 Å². The fraction of sp³-hybridized carbons (Fsp3) is 0.217. The van der Waals surface area contributed by atoms with Gasteiger partial charge in [-0.05, 0) is 54.4 Å². The predicted molar refractivity (Wildman–Crippen MR) is 116 cm³/mol. The van der Waals surface area contributed by atoms with E-state index in [0.29, 0.717) is 12.2 Å². The summed E-state index contributed by atoms with van der Waals surface area (Å²) in [6.45, 7) is 2.64. The number of nitriles is 1. The Morgan fingerprint density at radius 2 is 1.86 bits per heavy atom. The van der Waals surface area contributed by atoms with Crippen molar-refractivity contribution in [3.63, 3.8) is 0 Å². The molecule has 0 aliphatic heterocycles. The molecule has 146 valence electrons. The normalized spacial score (nSPS) is 10.9. The summed E-state index contributed by atoms with van der Waals surface area (Å²) in [5, 5.41) is 10.8. The van der Waals surface area contributed by atoms with Crippen LogP contribution in [0.1, 0.15) is 18.1 Å². The highest BCUT2D eigenvalue weighted by molar-refractivity contribution is 7.99. The quantitative estimate of drug-likeness (QED) is 0.317. The molecule has 2 aromatic carbocycles. The number of pyridine rings is 1. The van der Waals surface area contributed by atoms with Crippen LogP contribution in [-0.2, 0) is 6.42 Å². The molecule has 0 bridgehead atoms. The standard InChI is InChI=1S/C23H21N3O2S/c1-3-16-14-22(29-13-12-28-18-10-8-17(27-2)9-11-18)26-21-7-5-4-6-20(21)25-23(26)19(16)15-24/h4-11,14H,3,12-13H2,1-2H3. The van der Waals surface area contributed by atoms with Gasteiger partial charge in [0.2, 0.25) is 0 Å². The molecule has 29 heavy (non-hydrogen) atoms. The van der Waals surface area contributed by atoms with Crippen molar-refractivity contribution in [1.82, 2.24) is 9.38 Å². The first-order valence-corrected chi connectivity index (χ1v) is 10.5. The molecule has 0 fully saturated rings. The van der Waals surface area contributed by atoms with Gasteiger partial charge in [0.1, 0.15) is 17.6 Å². The zero-order valence-electron chi connectivity index (χ0n) is 16.4. The number of aryl methyl sites for hydroxylation is 1. The van der Waals surface area contributed by atoms with Crippen LogP contribution in [0.3, 0.4) is 0 Å². The van der Waals surface area contributed by atoms with E-state index in [-0.39, 0.29) is 0 Å². The third-order valence-corrected chi connectivity index (χ3v) is 5.74. The summed E-state index contributed by atoms with van der Waals surface area (Å²) in [5.41, 5.74) is 4.32. The smallest absolute Gasteiger partial charge is 0.157 e. The molecule has 5 nitrogen and oxygen atoms in total. The molecule has 0 spiro atoms. The topological polar surface area (TPSA) is 59.6 Å². The maximum Gasteiger partial charge on any atom is 0.157 e. The summed E-state index contributed by atoms with van der Waals surface area (Å²) in [4.78, 5) is 4.73. The van der Waals surface area contributed by atoms with E-state index in [1.165, 1.54) is 0 Å². The van der Waals surface area contributed by atoms with Gasteiger partial charge >= 0.3 is 0 Å². The van der Waals surface area contributed by atoms with E-state index in [4.69, 9.17) is 14.5 Å². The molecule has 0 atom stereocenters. The zero-order valence-corrected chi connectivity index (χ0v) is 17.2. The Hall–Kier alpha value is -3.17. The summed E-state index contributed by atoms with van der Waals surface area (Å²) in [6, 6.07) is 20.0. The molecular formula is C23H21N3O2S. The van der Waals surface area contributed by atoms with Crippen molar-refractivity contribution < 1.29 is 9.47 Å². The van der Waals surface area contributed by atoms with Crippen LogP contribution in [0.25, 0.3) is 16.7 Å². The van der Waals surface area contributed by atoms with Gasteiger partial charge in [-0.2, -0.15) is 5.26 Å². The molecule has 0 saturated heterocycles. The van der Waals surface area contributed by atoms with E-state index in [9.17, 15) is 5.26 Å². The molecule has 2 aromatic heterocycles. The number of rotatable bonds is 7. The van der Waals surface area contributed by atoms with Gasteiger partial charge in [-0.25, -0.2) is 4.98 Å².